The Balaban J connectivity index is 1.85. The van der Waals surface area contributed by atoms with E-state index >= 15 is 0 Å². The lowest BCUT2D eigenvalue weighted by atomic mass is 10.1. The summed E-state index contributed by atoms with van der Waals surface area (Å²) in [7, 11) is 4.70. The molecule has 0 aliphatic rings. The molecule has 0 fully saturated rings. The molecular weight excluding hydrogens is 378 g/mol. The average Bonchev–Trinajstić information content (AvgIpc) is 2.79. The lowest BCUT2D eigenvalue weighted by Gasteiger charge is -2.24. The first-order valence-electron chi connectivity index (χ1n) is 9.79. The second-order valence-corrected chi connectivity index (χ2v) is 6.93. The number of hydrogen-bond acceptors (Lipinski definition) is 4. The van der Waals surface area contributed by atoms with Gasteiger partial charge in [-0.05, 0) is 28.8 Å². The summed E-state index contributed by atoms with van der Waals surface area (Å²) in [5.74, 6) is 1.62. The van der Waals surface area contributed by atoms with Gasteiger partial charge in [-0.2, -0.15) is 0 Å². The predicted octanol–water partition coefficient (Wildman–Crippen LogP) is 4.48. The SMILES string of the molecule is COc1cc(CC(=O)N(Cc2ccccc2)Cc2ccccc2)cc(OC)c1OC. The summed E-state index contributed by atoms with van der Waals surface area (Å²) in [6.45, 7) is 1.08. The van der Waals surface area contributed by atoms with Crippen LogP contribution in [0.15, 0.2) is 72.8 Å². The molecule has 5 heteroatoms. The average molecular weight is 405 g/mol. The summed E-state index contributed by atoms with van der Waals surface area (Å²) in [4.78, 5) is 15.2. The largest absolute Gasteiger partial charge is 0.493 e. The maximum absolute atomic E-state index is 13.3. The zero-order chi connectivity index (χ0) is 21.3. The van der Waals surface area contributed by atoms with E-state index in [9.17, 15) is 4.79 Å². The van der Waals surface area contributed by atoms with Crippen molar-refractivity contribution < 1.29 is 19.0 Å². The molecule has 0 aromatic heterocycles. The van der Waals surface area contributed by atoms with E-state index in [1.807, 2.05) is 77.7 Å². The fourth-order valence-electron chi connectivity index (χ4n) is 3.36. The molecule has 0 saturated carbocycles. The second-order valence-electron chi connectivity index (χ2n) is 6.93. The Morgan fingerprint density at radius 2 is 1.17 bits per heavy atom. The van der Waals surface area contributed by atoms with Crippen LogP contribution < -0.4 is 14.2 Å². The molecule has 156 valence electrons. The minimum Gasteiger partial charge on any atom is -0.493 e. The number of methoxy groups -OCH3 is 3. The van der Waals surface area contributed by atoms with Gasteiger partial charge >= 0.3 is 0 Å². The van der Waals surface area contributed by atoms with Gasteiger partial charge in [-0.25, -0.2) is 0 Å². The topological polar surface area (TPSA) is 48.0 Å². The van der Waals surface area contributed by atoms with Crippen LogP contribution in [0.4, 0.5) is 0 Å². The zero-order valence-corrected chi connectivity index (χ0v) is 17.6. The van der Waals surface area contributed by atoms with Gasteiger partial charge in [0.05, 0.1) is 27.8 Å². The molecular formula is C25H27NO4. The Hall–Kier alpha value is -3.47. The van der Waals surface area contributed by atoms with Crippen LogP contribution in [-0.4, -0.2) is 32.1 Å². The van der Waals surface area contributed by atoms with Crippen LogP contribution in [0.1, 0.15) is 16.7 Å². The maximum Gasteiger partial charge on any atom is 0.227 e. The van der Waals surface area contributed by atoms with Crippen LogP contribution in [0.5, 0.6) is 17.2 Å². The van der Waals surface area contributed by atoms with Gasteiger partial charge in [-0.15, -0.1) is 0 Å². The highest BCUT2D eigenvalue weighted by atomic mass is 16.5. The quantitative estimate of drug-likeness (QED) is 0.527. The third-order valence-electron chi connectivity index (χ3n) is 4.87. The van der Waals surface area contributed by atoms with E-state index in [4.69, 9.17) is 14.2 Å². The third-order valence-corrected chi connectivity index (χ3v) is 4.87. The minimum atomic E-state index is 0.0250. The van der Waals surface area contributed by atoms with Crippen LogP contribution in [0, 0.1) is 0 Å². The minimum absolute atomic E-state index is 0.0250. The Labute approximate surface area is 177 Å². The normalized spacial score (nSPS) is 10.4. The molecule has 3 aromatic carbocycles. The van der Waals surface area contributed by atoms with Gasteiger partial charge in [0, 0.05) is 13.1 Å². The highest BCUT2D eigenvalue weighted by Crippen LogP contribution is 2.38. The van der Waals surface area contributed by atoms with Crippen molar-refractivity contribution in [2.24, 2.45) is 0 Å². The molecule has 30 heavy (non-hydrogen) atoms. The van der Waals surface area contributed by atoms with Crippen molar-refractivity contribution in [2.75, 3.05) is 21.3 Å². The highest BCUT2D eigenvalue weighted by molar-refractivity contribution is 5.79. The number of ether oxygens (including phenoxy) is 3. The summed E-state index contributed by atoms with van der Waals surface area (Å²) in [5, 5.41) is 0. The van der Waals surface area contributed by atoms with Crippen LogP contribution in [0.2, 0.25) is 0 Å². The predicted molar refractivity (Wildman–Crippen MR) is 117 cm³/mol. The molecule has 3 rings (SSSR count). The van der Waals surface area contributed by atoms with E-state index in [-0.39, 0.29) is 12.3 Å². The number of amides is 1. The fourth-order valence-corrected chi connectivity index (χ4v) is 3.36. The number of hydrogen-bond donors (Lipinski definition) is 0. The van der Waals surface area contributed by atoms with E-state index in [0.29, 0.717) is 30.3 Å². The Morgan fingerprint density at radius 1 is 0.700 bits per heavy atom. The van der Waals surface area contributed by atoms with Gasteiger partial charge < -0.3 is 19.1 Å². The van der Waals surface area contributed by atoms with Crippen molar-refractivity contribution in [3.05, 3.63) is 89.5 Å². The van der Waals surface area contributed by atoms with Crippen LogP contribution in [0.25, 0.3) is 0 Å². The van der Waals surface area contributed by atoms with E-state index in [0.717, 1.165) is 16.7 Å². The van der Waals surface area contributed by atoms with Gasteiger partial charge in [0.25, 0.3) is 0 Å². The van der Waals surface area contributed by atoms with Gasteiger partial charge in [-0.3, -0.25) is 4.79 Å². The number of benzene rings is 3. The molecule has 0 saturated heterocycles. The molecule has 0 N–H and O–H groups in total. The molecule has 3 aromatic rings. The lowest BCUT2D eigenvalue weighted by molar-refractivity contribution is -0.131. The first-order valence-corrected chi connectivity index (χ1v) is 9.79. The Morgan fingerprint density at radius 3 is 1.57 bits per heavy atom. The Bertz CT molecular complexity index is 891. The van der Waals surface area contributed by atoms with Crippen LogP contribution in [0.3, 0.4) is 0 Å². The van der Waals surface area contributed by atoms with Crippen molar-refractivity contribution in [1.29, 1.82) is 0 Å². The maximum atomic E-state index is 13.3. The molecule has 0 aliphatic heterocycles. The van der Waals surface area contributed by atoms with Gasteiger partial charge in [0.1, 0.15) is 0 Å². The molecule has 0 atom stereocenters. The van der Waals surface area contributed by atoms with Crippen molar-refractivity contribution in [3.63, 3.8) is 0 Å². The van der Waals surface area contributed by atoms with E-state index in [1.54, 1.807) is 21.3 Å². The van der Waals surface area contributed by atoms with Crippen molar-refractivity contribution in [3.8, 4) is 17.2 Å². The third kappa shape index (κ3) is 5.32. The van der Waals surface area contributed by atoms with Crippen molar-refractivity contribution in [2.45, 2.75) is 19.5 Å². The molecule has 1 amide bonds. The van der Waals surface area contributed by atoms with Gasteiger partial charge in [0.2, 0.25) is 11.7 Å². The molecule has 0 bridgehead atoms. The van der Waals surface area contributed by atoms with Crippen molar-refractivity contribution in [1.82, 2.24) is 4.90 Å². The number of carbonyl (C=O) groups is 1. The number of carbonyl (C=O) groups excluding carboxylic acids is 1. The van der Waals surface area contributed by atoms with Crippen molar-refractivity contribution >= 4 is 5.91 Å². The number of rotatable bonds is 9. The lowest BCUT2D eigenvalue weighted by Crippen LogP contribution is -2.31. The fraction of sp³-hybridized carbons (Fsp3) is 0.240. The molecule has 0 aliphatic carbocycles. The summed E-state index contributed by atoms with van der Waals surface area (Å²) >= 11 is 0. The van der Waals surface area contributed by atoms with E-state index in [1.165, 1.54) is 0 Å². The zero-order valence-electron chi connectivity index (χ0n) is 17.6. The first kappa shape index (κ1) is 21.2. The summed E-state index contributed by atoms with van der Waals surface area (Å²) in [5.41, 5.74) is 2.99. The first-order chi connectivity index (χ1) is 14.6. The Kier molecular flexibility index (Phi) is 7.33. The van der Waals surface area contributed by atoms with E-state index < -0.39 is 0 Å². The standard InChI is InChI=1S/C25H27NO4/c1-28-22-14-21(15-23(29-2)25(22)30-3)16-24(27)26(17-19-10-6-4-7-11-19)18-20-12-8-5-9-13-20/h4-15H,16-18H2,1-3H3. The second kappa shape index (κ2) is 10.3. The van der Waals surface area contributed by atoms with Gasteiger partial charge in [0.15, 0.2) is 11.5 Å². The smallest absolute Gasteiger partial charge is 0.227 e. The summed E-state index contributed by atoms with van der Waals surface area (Å²) in [6, 6.07) is 23.7. The van der Waals surface area contributed by atoms with Crippen LogP contribution >= 0.6 is 0 Å². The monoisotopic (exact) mass is 405 g/mol. The highest BCUT2D eigenvalue weighted by Gasteiger charge is 2.19. The van der Waals surface area contributed by atoms with Gasteiger partial charge in [-0.1, -0.05) is 60.7 Å². The molecule has 0 heterocycles. The summed E-state index contributed by atoms with van der Waals surface area (Å²) in [6.07, 6.45) is 0.233. The molecule has 5 nitrogen and oxygen atoms in total. The molecule has 0 unspecified atom stereocenters. The van der Waals surface area contributed by atoms with E-state index in [2.05, 4.69) is 0 Å². The molecule has 0 radical (unpaired) electrons. The van der Waals surface area contributed by atoms with Crippen LogP contribution in [-0.2, 0) is 24.3 Å². The number of nitrogens with zero attached hydrogens (tertiary/aromatic N) is 1. The molecule has 0 spiro atoms. The summed E-state index contributed by atoms with van der Waals surface area (Å²) < 4.78 is 16.2.